The molecule has 8 atom stereocenters. The zero-order valence-electron chi connectivity index (χ0n) is 26.3. The zero-order valence-corrected chi connectivity index (χ0v) is 27.9. The molecule has 2 bridgehead atoms. The lowest BCUT2D eigenvalue weighted by Gasteiger charge is -2.39. The first-order valence-electron chi connectivity index (χ1n) is 15.9. The summed E-state index contributed by atoms with van der Waals surface area (Å²) in [7, 11) is 0. The van der Waals surface area contributed by atoms with Crippen LogP contribution in [-0.4, -0.2) is 88.1 Å². The third-order valence-corrected chi connectivity index (χ3v) is 10.3. The third-order valence-electron chi connectivity index (χ3n) is 9.41. The van der Waals surface area contributed by atoms with Gasteiger partial charge in [0.25, 0.3) is 5.91 Å². The molecule has 2 N–H and O–H groups in total. The average molecular weight is 697 g/mol. The van der Waals surface area contributed by atoms with E-state index in [0.29, 0.717) is 24.9 Å². The molecule has 246 valence electrons. The minimum absolute atomic E-state index is 0.111. The number of carbonyl (C=O) groups is 4. The Hall–Kier alpha value is -3.54. The van der Waals surface area contributed by atoms with Crippen molar-refractivity contribution in [3.8, 4) is 0 Å². The van der Waals surface area contributed by atoms with Gasteiger partial charge in [0, 0.05) is 23.5 Å². The number of hydrogen-bond acceptors (Lipinski definition) is 7. The number of hydrogen-bond donors (Lipinski definition) is 2. The number of allylic oxidation sites excluding steroid dienone is 1. The summed E-state index contributed by atoms with van der Waals surface area (Å²) in [6.07, 6.45) is 3.46. The van der Waals surface area contributed by atoms with Crippen molar-refractivity contribution in [3.63, 3.8) is 0 Å². The summed E-state index contributed by atoms with van der Waals surface area (Å²) in [4.78, 5) is 57.8. The molecule has 0 saturated carbocycles. The van der Waals surface area contributed by atoms with Crippen LogP contribution < -0.4 is 10.2 Å². The highest BCUT2D eigenvalue weighted by Crippen LogP contribution is 2.61. The van der Waals surface area contributed by atoms with Crippen molar-refractivity contribution in [3.05, 3.63) is 67.8 Å². The number of aliphatic hydroxyl groups is 1. The molecule has 3 aliphatic heterocycles. The first-order valence-corrected chi connectivity index (χ1v) is 16.8. The van der Waals surface area contributed by atoms with E-state index in [4.69, 9.17) is 9.47 Å². The molecule has 0 aliphatic carbocycles. The second-order valence-electron chi connectivity index (χ2n) is 12.3. The maximum Gasteiger partial charge on any atom is 0.312 e. The Morgan fingerprint density at radius 2 is 1.96 bits per heavy atom. The van der Waals surface area contributed by atoms with Gasteiger partial charge in [0.1, 0.15) is 17.7 Å². The van der Waals surface area contributed by atoms with Crippen LogP contribution in [0.5, 0.6) is 0 Å². The van der Waals surface area contributed by atoms with Crippen molar-refractivity contribution < 1.29 is 33.8 Å². The number of aliphatic hydroxyl groups excluding tert-OH is 1. The van der Waals surface area contributed by atoms with E-state index >= 15 is 0 Å². The second-order valence-corrected chi connectivity index (χ2v) is 13.5. The maximum atomic E-state index is 14.8. The first-order chi connectivity index (χ1) is 22.1. The SMILES string of the molecule is C=CCCC(=O)NC[C@H](C)OC(=O)[C@@H]1[C@H]2O[C@@]3(CC2Br)[C@H](C(=O)N(CC=C)c2ccc4ccccc4c2)N([C@@H](CC)CO)C(=O)[C@@H]13. The minimum atomic E-state index is -1.32. The van der Waals surface area contributed by atoms with Crippen molar-refractivity contribution >= 4 is 56.1 Å². The number of nitrogens with zero attached hydrogens (tertiary/aromatic N) is 2. The van der Waals surface area contributed by atoms with Gasteiger partial charge in [0.2, 0.25) is 11.8 Å². The van der Waals surface area contributed by atoms with E-state index < -0.39 is 53.6 Å². The highest BCUT2D eigenvalue weighted by atomic mass is 79.9. The van der Waals surface area contributed by atoms with Gasteiger partial charge in [-0.15, -0.1) is 13.2 Å². The predicted molar refractivity (Wildman–Crippen MR) is 178 cm³/mol. The fraction of sp³-hybridized carbons (Fsp3) is 0.486. The van der Waals surface area contributed by atoms with Gasteiger partial charge in [-0.1, -0.05) is 65.3 Å². The van der Waals surface area contributed by atoms with Crippen LogP contribution >= 0.6 is 15.9 Å². The summed E-state index contributed by atoms with van der Waals surface area (Å²) in [6, 6.07) is 11.8. The lowest BCUT2D eigenvalue weighted by atomic mass is 9.70. The number of nitrogens with one attached hydrogen (secondary N) is 1. The Kier molecular flexibility index (Phi) is 10.3. The molecule has 3 fully saturated rings. The third kappa shape index (κ3) is 6.00. The van der Waals surface area contributed by atoms with E-state index in [0.717, 1.165) is 10.8 Å². The average Bonchev–Trinajstić information content (AvgIpc) is 3.65. The number of halogens is 1. The van der Waals surface area contributed by atoms with E-state index in [1.807, 2.05) is 49.4 Å². The monoisotopic (exact) mass is 695 g/mol. The molecule has 1 unspecified atom stereocenters. The molecule has 10 nitrogen and oxygen atoms in total. The van der Waals surface area contributed by atoms with Gasteiger partial charge in [-0.2, -0.15) is 0 Å². The molecule has 2 aromatic rings. The second kappa shape index (κ2) is 14.1. The zero-order chi connectivity index (χ0) is 33.2. The van der Waals surface area contributed by atoms with Crippen LogP contribution in [-0.2, 0) is 28.7 Å². The molecule has 1 spiro atoms. The van der Waals surface area contributed by atoms with Gasteiger partial charge >= 0.3 is 5.97 Å². The van der Waals surface area contributed by atoms with Crippen LogP contribution in [0.15, 0.2) is 67.8 Å². The number of amides is 3. The summed E-state index contributed by atoms with van der Waals surface area (Å²) in [5, 5.41) is 15.1. The van der Waals surface area contributed by atoms with E-state index in [9.17, 15) is 24.3 Å². The number of benzene rings is 2. The number of alkyl halides is 1. The van der Waals surface area contributed by atoms with Gasteiger partial charge in [0.05, 0.1) is 37.1 Å². The van der Waals surface area contributed by atoms with Crippen LogP contribution in [0.3, 0.4) is 0 Å². The lowest BCUT2D eigenvalue weighted by Crippen LogP contribution is -2.59. The molecule has 3 heterocycles. The molecular weight excluding hydrogens is 654 g/mol. The van der Waals surface area contributed by atoms with Crippen LogP contribution in [0.1, 0.15) is 39.5 Å². The largest absolute Gasteiger partial charge is 0.460 e. The molecule has 0 aromatic heterocycles. The van der Waals surface area contributed by atoms with Gasteiger partial charge < -0.3 is 29.7 Å². The maximum absolute atomic E-state index is 14.8. The summed E-state index contributed by atoms with van der Waals surface area (Å²) >= 11 is 3.68. The summed E-state index contributed by atoms with van der Waals surface area (Å²) in [6.45, 7) is 10.9. The Labute approximate surface area is 277 Å². The van der Waals surface area contributed by atoms with E-state index in [2.05, 4.69) is 34.4 Å². The summed E-state index contributed by atoms with van der Waals surface area (Å²) in [5.74, 6) is -3.55. The molecule has 3 amide bonds. The quantitative estimate of drug-likeness (QED) is 0.175. The van der Waals surface area contributed by atoms with Crippen LogP contribution in [0.25, 0.3) is 10.8 Å². The van der Waals surface area contributed by atoms with Crippen molar-refractivity contribution in [1.29, 1.82) is 0 Å². The lowest BCUT2D eigenvalue weighted by molar-refractivity contribution is -0.159. The van der Waals surface area contributed by atoms with Gasteiger partial charge in [-0.25, -0.2) is 0 Å². The molecule has 0 radical (unpaired) electrons. The van der Waals surface area contributed by atoms with Crippen LogP contribution in [0.2, 0.25) is 0 Å². The van der Waals surface area contributed by atoms with Gasteiger partial charge in [0.15, 0.2) is 0 Å². The fourth-order valence-electron chi connectivity index (χ4n) is 7.26. The first kappa shape index (κ1) is 33.8. The number of rotatable bonds is 14. The topological polar surface area (TPSA) is 125 Å². The Bertz CT molecular complexity index is 1510. The predicted octanol–water partition coefficient (Wildman–Crippen LogP) is 3.89. The van der Waals surface area contributed by atoms with Crippen molar-refractivity contribution in [2.45, 2.75) is 74.3 Å². The molecule has 3 saturated heterocycles. The summed E-state index contributed by atoms with van der Waals surface area (Å²) in [5.41, 5.74) is -0.687. The van der Waals surface area contributed by atoms with Crippen molar-refractivity contribution in [2.75, 3.05) is 24.6 Å². The van der Waals surface area contributed by atoms with E-state index in [-0.39, 0.29) is 42.8 Å². The fourth-order valence-corrected chi connectivity index (χ4v) is 8.21. The van der Waals surface area contributed by atoms with E-state index in [1.165, 1.54) is 4.90 Å². The highest BCUT2D eigenvalue weighted by molar-refractivity contribution is 9.09. The molecule has 2 aromatic carbocycles. The van der Waals surface area contributed by atoms with Crippen molar-refractivity contribution in [2.24, 2.45) is 11.8 Å². The van der Waals surface area contributed by atoms with Crippen molar-refractivity contribution in [1.82, 2.24) is 10.2 Å². The number of anilines is 1. The normalized spacial score (nSPS) is 27.6. The number of esters is 1. The molecular formula is C35H42BrN3O7. The van der Waals surface area contributed by atoms with E-state index in [1.54, 1.807) is 24.0 Å². The molecule has 3 aliphatic rings. The highest BCUT2D eigenvalue weighted by Gasteiger charge is 2.77. The number of fused-ring (bicyclic) bond motifs is 2. The minimum Gasteiger partial charge on any atom is -0.460 e. The number of carbonyl (C=O) groups excluding carboxylic acids is 4. The van der Waals surface area contributed by atoms with Crippen LogP contribution in [0.4, 0.5) is 5.69 Å². The molecule has 46 heavy (non-hydrogen) atoms. The molecule has 5 rings (SSSR count). The van der Waals surface area contributed by atoms with Gasteiger partial charge in [-0.05, 0) is 49.1 Å². The summed E-state index contributed by atoms with van der Waals surface area (Å²) < 4.78 is 12.4. The smallest absolute Gasteiger partial charge is 0.312 e. The standard InChI is InChI=1S/C35H42BrN3O7/c1-5-8-13-27(41)37-19-21(4)45-34(44)28-29-32(42)39(24(7-3)20-40)31(35(29)18-26(36)30(28)46-35)33(43)38(16-6-2)25-15-14-22-11-9-10-12-23(22)17-25/h5-6,9-12,14-15,17,21,24,26,28-31,40H,1-2,7-8,13,16,18-20H2,3-4H3,(H,37,41)/t21-,24-,26?,28-,29+,30-,31-,35+/m0/s1. The number of likely N-dealkylation sites (tertiary alicyclic amines) is 1. The Morgan fingerprint density at radius 1 is 1.22 bits per heavy atom. The van der Waals surface area contributed by atoms with Gasteiger partial charge in [-0.3, -0.25) is 19.2 Å². The Morgan fingerprint density at radius 3 is 2.63 bits per heavy atom. The Balaban J connectivity index is 1.48. The number of ether oxygens (including phenoxy) is 2. The molecule has 11 heteroatoms. The van der Waals surface area contributed by atoms with Crippen LogP contribution in [0, 0.1) is 11.8 Å².